The minimum atomic E-state index is 0. The van der Waals surface area contributed by atoms with Crippen LogP contribution in [0.25, 0.3) is 0 Å². The molecule has 0 aromatic heterocycles. The first-order valence-corrected chi connectivity index (χ1v) is 10.9. The summed E-state index contributed by atoms with van der Waals surface area (Å²) in [5, 5.41) is 0. The maximum Gasteiger partial charge on any atom is 0.222 e. The van der Waals surface area contributed by atoms with Crippen molar-refractivity contribution in [3.8, 4) is 0 Å². The Bertz CT molecular complexity index is 583. The number of carbonyl (C=O) groups excluding carboxylic acids is 1. The Labute approximate surface area is 172 Å². The van der Waals surface area contributed by atoms with E-state index in [1.54, 1.807) is 0 Å². The quantitative estimate of drug-likeness (QED) is 0.252. The molecule has 1 spiro atoms. The third-order valence-corrected chi connectivity index (χ3v) is 6.59. The van der Waals surface area contributed by atoms with Crippen molar-refractivity contribution in [2.45, 2.75) is 65.8 Å². The van der Waals surface area contributed by atoms with Gasteiger partial charge in [-0.25, -0.2) is 12.7 Å². The van der Waals surface area contributed by atoms with Crippen molar-refractivity contribution in [3.05, 3.63) is 36.6 Å². The SMILES string of the molecule is C=[C-]C(=C)N1CCN(C2CC3(CCN(C(=O)CCC)C3)C2)CC1.CC=C(C)C.[Rf]. The zero-order valence-electron chi connectivity index (χ0n) is 19.3. The van der Waals surface area contributed by atoms with Gasteiger partial charge in [0.15, 0.2) is 0 Å². The Morgan fingerprint density at radius 1 is 1.14 bits per heavy atom. The Balaban J connectivity index is 0.000000628. The molecule has 160 valence electrons. The molecular formula is C24H40N3ORf-. The summed E-state index contributed by atoms with van der Waals surface area (Å²) in [6.07, 6.45) is 10.4. The van der Waals surface area contributed by atoms with Gasteiger partial charge >= 0.3 is 0 Å². The Morgan fingerprint density at radius 2 is 1.72 bits per heavy atom. The van der Waals surface area contributed by atoms with Gasteiger partial charge in [0.05, 0.1) is 0 Å². The van der Waals surface area contributed by atoms with Crippen LogP contribution in [0.15, 0.2) is 30.5 Å². The fourth-order valence-electron chi connectivity index (χ4n) is 4.52. The summed E-state index contributed by atoms with van der Waals surface area (Å²) >= 11 is 0. The zero-order chi connectivity index (χ0) is 20.7. The molecule has 2 heterocycles. The molecule has 0 radical (unpaired) electrons. The van der Waals surface area contributed by atoms with Gasteiger partial charge in [-0.15, -0.1) is 5.70 Å². The Kier molecular flexibility index (Phi) is 9.16. The van der Waals surface area contributed by atoms with Gasteiger partial charge in [-0.2, -0.15) is 6.58 Å². The third-order valence-electron chi connectivity index (χ3n) is 6.59. The van der Waals surface area contributed by atoms with Gasteiger partial charge in [-0.3, -0.25) is 9.69 Å². The maximum atomic E-state index is 12.1. The largest absolute Gasteiger partial charge is 0.403 e. The third kappa shape index (κ3) is 6.22. The van der Waals surface area contributed by atoms with Crippen LogP contribution in [0.4, 0.5) is 0 Å². The van der Waals surface area contributed by atoms with E-state index in [-0.39, 0.29) is 0 Å². The van der Waals surface area contributed by atoms with E-state index in [0.29, 0.717) is 17.7 Å². The molecule has 5 heteroatoms. The Hall–Kier alpha value is -2.55. The molecule has 3 rings (SSSR count). The normalized spacial score (nSPS) is 26.0. The van der Waals surface area contributed by atoms with Crippen molar-refractivity contribution in [1.82, 2.24) is 14.7 Å². The van der Waals surface area contributed by atoms with Gasteiger partial charge in [0.25, 0.3) is 0 Å². The molecule has 4 nitrogen and oxygen atoms in total. The zero-order valence-corrected chi connectivity index (χ0v) is 25.7. The predicted octanol–water partition coefficient (Wildman–Crippen LogP) is 4.26. The van der Waals surface area contributed by atoms with Crippen LogP contribution in [0.3, 0.4) is 0 Å². The number of carbonyl (C=O) groups is 1. The van der Waals surface area contributed by atoms with E-state index in [0.717, 1.165) is 57.4 Å². The van der Waals surface area contributed by atoms with E-state index in [2.05, 4.69) is 60.8 Å². The fourth-order valence-corrected chi connectivity index (χ4v) is 4.52. The molecule has 1 saturated carbocycles. The van der Waals surface area contributed by atoms with Crippen LogP contribution < -0.4 is 0 Å². The number of hydrogen-bond acceptors (Lipinski definition) is 3. The van der Waals surface area contributed by atoms with E-state index in [9.17, 15) is 4.79 Å². The molecule has 2 aliphatic heterocycles. The molecule has 0 aromatic rings. The molecule has 0 N–H and O–H groups in total. The van der Waals surface area contributed by atoms with Crippen LogP contribution in [0.5, 0.6) is 0 Å². The first-order valence-electron chi connectivity index (χ1n) is 10.9. The molecule has 3 fully saturated rings. The van der Waals surface area contributed by atoms with Gasteiger partial charge in [0, 0.05) is 51.7 Å². The van der Waals surface area contributed by atoms with Gasteiger partial charge in [-0.1, -0.05) is 18.6 Å². The summed E-state index contributed by atoms with van der Waals surface area (Å²) < 4.78 is 0. The topological polar surface area (TPSA) is 26.8 Å². The summed E-state index contributed by atoms with van der Waals surface area (Å²) in [4.78, 5) is 19.1. The van der Waals surface area contributed by atoms with Crippen molar-refractivity contribution in [3.63, 3.8) is 0 Å². The van der Waals surface area contributed by atoms with Crippen molar-refractivity contribution >= 4 is 5.91 Å². The Morgan fingerprint density at radius 3 is 2.21 bits per heavy atom. The molecule has 1 amide bonds. The van der Waals surface area contributed by atoms with E-state index in [1.165, 1.54) is 24.8 Å². The van der Waals surface area contributed by atoms with E-state index < -0.39 is 0 Å². The van der Waals surface area contributed by atoms with E-state index in [1.807, 2.05) is 6.92 Å². The summed E-state index contributed by atoms with van der Waals surface area (Å²) in [5.74, 6) is 0.362. The maximum absolute atomic E-state index is 12.1. The van der Waals surface area contributed by atoms with Crippen LogP contribution in [-0.2, 0) is 4.79 Å². The van der Waals surface area contributed by atoms with Crippen molar-refractivity contribution in [2.24, 2.45) is 5.41 Å². The molecule has 3 aliphatic rings. The molecule has 1 aliphatic carbocycles. The number of nitrogens with zero attached hydrogens (tertiary/aromatic N) is 3. The van der Waals surface area contributed by atoms with Crippen LogP contribution in [0.1, 0.15) is 59.8 Å². The average Bonchev–Trinajstić information content (AvgIpc) is 3.13. The first kappa shape index (κ1) is 24.5. The van der Waals surface area contributed by atoms with Gasteiger partial charge in [0.1, 0.15) is 0 Å². The van der Waals surface area contributed by atoms with E-state index in [4.69, 9.17) is 0 Å². The van der Waals surface area contributed by atoms with Crippen molar-refractivity contribution < 1.29 is 4.79 Å². The number of piperazine rings is 1. The first-order chi connectivity index (χ1) is 13.3. The second-order valence-corrected chi connectivity index (χ2v) is 8.89. The predicted molar refractivity (Wildman–Crippen MR) is 118 cm³/mol. The van der Waals surface area contributed by atoms with Crippen molar-refractivity contribution in [2.75, 3.05) is 39.3 Å². The average molecular weight is 654 g/mol. The second kappa shape index (κ2) is 10.8. The van der Waals surface area contributed by atoms with E-state index >= 15 is 0 Å². The monoisotopic (exact) mass is 653 g/mol. The number of likely N-dealkylation sites (tertiary alicyclic amines) is 1. The van der Waals surface area contributed by atoms with Crippen LogP contribution in [-0.4, -0.2) is 65.9 Å². The summed E-state index contributed by atoms with van der Waals surface area (Å²) in [7, 11) is 0. The van der Waals surface area contributed by atoms with Crippen LogP contribution >= 0.6 is 0 Å². The van der Waals surface area contributed by atoms with Gasteiger partial charge in [0.2, 0.25) is 5.91 Å². The summed E-state index contributed by atoms with van der Waals surface area (Å²) in [6.45, 7) is 22.2. The second-order valence-electron chi connectivity index (χ2n) is 8.89. The summed E-state index contributed by atoms with van der Waals surface area (Å²) in [5.41, 5.74) is 2.74. The molecule has 0 bridgehead atoms. The van der Waals surface area contributed by atoms with Gasteiger partial charge in [-0.05, 0) is 51.9 Å². The fraction of sp³-hybridized carbons (Fsp3) is 0.708. The van der Waals surface area contributed by atoms with Gasteiger partial charge < -0.3 is 9.80 Å². The molecule has 29 heavy (non-hydrogen) atoms. The summed E-state index contributed by atoms with van der Waals surface area (Å²) in [6, 6.07) is 0.722. The molecule has 0 unspecified atom stereocenters. The minimum Gasteiger partial charge on any atom is -0.403 e. The molecule has 0 aromatic carbocycles. The van der Waals surface area contributed by atoms with Crippen LogP contribution in [0.2, 0.25) is 0 Å². The number of allylic oxidation sites excluding steroid dienone is 3. The smallest absolute Gasteiger partial charge is 0.222 e. The number of amides is 1. The number of rotatable bonds is 5. The van der Waals surface area contributed by atoms with Crippen molar-refractivity contribution in [1.29, 1.82) is 0 Å². The molecular weight excluding hydrogens is 613 g/mol. The number of hydrogen-bond donors (Lipinski definition) is 0. The molecule has 2 saturated heterocycles. The van der Waals surface area contributed by atoms with Crippen LogP contribution in [0, 0.1) is 11.5 Å². The standard InChI is InChI=1S/C19H30N3O.C5H10.Rf/c1-4-6-18(23)22-8-7-19(15-22)13-17(14-19)21-11-9-20(10-12-21)16(3)5-2;1-4-5(2)3;/h17H,2-4,6-15H2,1H3;4H,1-3H3;/q-1;;. The minimum absolute atomic E-state index is 0. The molecule has 0 atom stereocenters.